The summed E-state index contributed by atoms with van der Waals surface area (Å²) in [5.41, 5.74) is 2.31. The summed E-state index contributed by atoms with van der Waals surface area (Å²) in [4.78, 5) is 25.2. The zero-order valence-corrected chi connectivity index (χ0v) is 17.4. The summed E-state index contributed by atoms with van der Waals surface area (Å²) < 4.78 is 24.1. The summed E-state index contributed by atoms with van der Waals surface area (Å²) >= 11 is 0. The molecule has 7 heteroatoms. The normalized spacial score (nSPS) is 15.2. The number of ether oxygens (including phenoxy) is 2. The van der Waals surface area contributed by atoms with Gasteiger partial charge in [0, 0.05) is 6.42 Å². The fourth-order valence-electron chi connectivity index (χ4n) is 3.53. The summed E-state index contributed by atoms with van der Waals surface area (Å²) in [6.07, 6.45) is 0.503. The van der Waals surface area contributed by atoms with E-state index in [1.165, 1.54) is 23.2 Å². The van der Waals surface area contributed by atoms with Crippen molar-refractivity contribution in [1.82, 2.24) is 5.01 Å². The minimum atomic E-state index is -0.899. The summed E-state index contributed by atoms with van der Waals surface area (Å²) in [7, 11) is 1.58. The average Bonchev–Trinajstić information content (AvgIpc) is 3.29. The van der Waals surface area contributed by atoms with Crippen LogP contribution in [0.2, 0.25) is 0 Å². The van der Waals surface area contributed by atoms with Gasteiger partial charge in [0.15, 0.2) is 6.61 Å². The first-order valence-corrected chi connectivity index (χ1v) is 10.1. The van der Waals surface area contributed by atoms with Crippen LogP contribution in [0.15, 0.2) is 84.0 Å². The number of hydrogen-bond donors (Lipinski definition) is 0. The van der Waals surface area contributed by atoms with E-state index in [2.05, 4.69) is 5.10 Å². The van der Waals surface area contributed by atoms with Crippen LogP contribution in [0, 0.1) is 5.82 Å². The molecule has 0 fully saturated rings. The van der Waals surface area contributed by atoms with Crippen LogP contribution in [-0.4, -0.2) is 36.3 Å². The molecule has 3 aromatic carbocycles. The lowest BCUT2D eigenvalue weighted by atomic mass is 9.98. The molecule has 0 unspecified atom stereocenters. The fourth-order valence-corrected chi connectivity index (χ4v) is 3.53. The second kappa shape index (κ2) is 9.43. The maximum absolute atomic E-state index is 13.8. The minimum absolute atomic E-state index is 0.220. The highest BCUT2D eigenvalue weighted by molar-refractivity contribution is 6.03. The van der Waals surface area contributed by atoms with Crippen molar-refractivity contribution in [1.29, 1.82) is 0 Å². The van der Waals surface area contributed by atoms with E-state index < -0.39 is 24.3 Å². The van der Waals surface area contributed by atoms with Crippen molar-refractivity contribution >= 4 is 17.6 Å². The van der Waals surface area contributed by atoms with Crippen molar-refractivity contribution in [3.63, 3.8) is 0 Å². The number of halogens is 1. The molecule has 1 aliphatic heterocycles. The first-order valence-electron chi connectivity index (χ1n) is 10.1. The van der Waals surface area contributed by atoms with E-state index in [0.29, 0.717) is 12.2 Å². The van der Waals surface area contributed by atoms with E-state index >= 15 is 0 Å². The number of hydrogen-bond acceptors (Lipinski definition) is 5. The molecule has 162 valence electrons. The van der Waals surface area contributed by atoms with Crippen LogP contribution in [0.1, 0.15) is 33.9 Å². The summed E-state index contributed by atoms with van der Waals surface area (Å²) in [5.74, 6) is -1.40. The van der Waals surface area contributed by atoms with Gasteiger partial charge in [-0.25, -0.2) is 14.2 Å². The molecular weight excluding hydrogens is 411 g/mol. The van der Waals surface area contributed by atoms with Crippen molar-refractivity contribution in [2.75, 3.05) is 13.7 Å². The van der Waals surface area contributed by atoms with Gasteiger partial charge in [-0.1, -0.05) is 54.6 Å². The summed E-state index contributed by atoms with van der Waals surface area (Å²) in [6.45, 7) is -0.550. The molecule has 1 heterocycles. The largest absolute Gasteiger partial charge is 0.497 e. The smallest absolute Gasteiger partial charge is 0.341 e. The number of hydrazone groups is 1. The molecule has 0 N–H and O–H groups in total. The Morgan fingerprint density at radius 1 is 1.00 bits per heavy atom. The predicted molar refractivity (Wildman–Crippen MR) is 117 cm³/mol. The molecule has 0 aromatic heterocycles. The standard InChI is InChI=1S/C25H21FN2O4/c1-31-19-13-11-18(12-14-19)23-15-22(17-7-3-2-4-8-17)27-28(23)24(29)16-32-25(30)20-9-5-6-10-21(20)26/h2-14,23H,15-16H2,1H3/t23-/m0/s1. The van der Waals surface area contributed by atoms with Crippen molar-refractivity contribution in [2.24, 2.45) is 5.10 Å². The topological polar surface area (TPSA) is 68.2 Å². The number of carbonyl (C=O) groups is 2. The van der Waals surface area contributed by atoms with Crippen molar-refractivity contribution in [3.05, 3.63) is 101 Å². The van der Waals surface area contributed by atoms with E-state index in [-0.39, 0.29) is 11.6 Å². The van der Waals surface area contributed by atoms with Crippen molar-refractivity contribution in [3.8, 4) is 5.75 Å². The summed E-state index contributed by atoms with van der Waals surface area (Å²) in [5, 5.41) is 5.86. The number of amides is 1. The highest BCUT2D eigenvalue weighted by Gasteiger charge is 2.33. The zero-order chi connectivity index (χ0) is 22.5. The summed E-state index contributed by atoms with van der Waals surface area (Å²) in [6, 6.07) is 22.1. The van der Waals surface area contributed by atoms with Gasteiger partial charge in [0.2, 0.25) is 0 Å². The molecular formula is C25H21FN2O4. The molecule has 4 rings (SSSR count). The molecule has 32 heavy (non-hydrogen) atoms. The number of rotatable bonds is 6. The van der Waals surface area contributed by atoms with E-state index in [1.807, 2.05) is 54.6 Å². The first-order chi connectivity index (χ1) is 15.6. The Balaban J connectivity index is 1.55. The molecule has 3 aromatic rings. The Bertz CT molecular complexity index is 1150. The van der Waals surface area contributed by atoms with Crippen molar-refractivity contribution < 1.29 is 23.5 Å². The minimum Gasteiger partial charge on any atom is -0.497 e. The quantitative estimate of drug-likeness (QED) is 0.543. The molecule has 0 saturated heterocycles. The Labute approximate surface area is 184 Å². The number of benzene rings is 3. The SMILES string of the molecule is COc1ccc([C@@H]2CC(c3ccccc3)=NN2C(=O)COC(=O)c2ccccc2F)cc1. The van der Waals surface area contributed by atoms with E-state index in [9.17, 15) is 14.0 Å². The van der Waals surface area contributed by atoms with Crippen LogP contribution in [0.4, 0.5) is 4.39 Å². The van der Waals surface area contributed by atoms with Gasteiger partial charge >= 0.3 is 5.97 Å². The Morgan fingerprint density at radius 3 is 2.38 bits per heavy atom. The maximum atomic E-state index is 13.8. The molecule has 1 atom stereocenters. The van der Waals surface area contributed by atoms with E-state index in [4.69, 9.17) is 9.47 Å². The van der Waals surface area contributed by atoms with Crippen LogP contribution in [0.3, 0.4) is 0 Å². The number of esters is 1. The van der Waals surface area contributed by atoms with Gasteiger partial charge in [0.05, 0.1) is 24.4 Å². The number of nitrogens with zero attached hydrogens (tertiary/aromatic N) is 2. The number of methoxy groups -OCH3 is 1. The van der Waals surface area contributed by atoms with E-state index in [0.717, 1.165) is 22.9 Å². The average molecular weight is 432 g/mol. The monoisotopic (exact) mass is 432 g/mol. The van der Waals surface area contributed by atoms with Gasteiger partial charge in [0.1, 0.15) is 11.6 Å². The van der Waals surface area contributed by atoms with Crippen molar-refractivity contribution in [2.45, 2.75) is 12.5 Å². The number of carbonyl (C=O) groups excluding carboxylic acids is 2. The Morgan fingerprint density at radius 2 is 1.69 bits per heavy atom. The fraction of sp³-hybridized carbons (Fsp3) is 0.160. The molecule has 6 nitrogen and oxygen atoms in total. The van der Waals surface area contributed by atoms with Gasteiger partial charge in [0.25, 0.3) is 5.91 Å². The van der Waals surface area contributed by atoms with Crippen LogP contribution in [-0.2, 0) is 9.53 Å². The second-order valence-corrected chi connectivity index (χ2v) is 7.20. The lowest BCUT2D eigenvalue weighted by Gasteiger charge is -2.22. The Kier molecular flexibility index (Phi) is 6.26. The maximum Gasteiger partial charge on any atom is 0.341 e. The molecule has 0 spiro atoms. The van der Waals surface area contributed by atoms with Crippen LogP contribution in [0.5, 0.6) is 5.75 Å². The molecule has 0 bridgehead atoms. The first kappa shape index (κ1) is 21.2. The highest BCUT2D eigenvalue weighted by atomic mass is 19.1. The van der Waals surface area contributed by atoms with Gasteiger partial charge in [-0.05, 0) is 35.4 Å². The lowest BCUT2D eigenvalue weighted by Crippen LogP contribution is -2.31. The van der Waals surface area contributed by atoms with E-state index in [1.54, 1.807) is 7.11 Å². The molecule has 1 amide bonds. The predicted octanol–water partition coefficient (Wildman–Crippen LogP) is 4.37. The third-order valence-electron chi connectivity index (χ3n) is 5.19. The lowest BCUT2D eigenvalue weighted by molar-refractivity contribution is -0.136. The third-order valence-corrected chi connectivity index (χ3v) is 5.19. The highest BCUT2D eigenvalue weighted by Crippen LogP contribution is 2.33. The van der Waals surface area contributed by atoms with Crippen LogP contribution < -0.4 is 4.74 Å². The molecule has 0 saturated carbocycles. The zero-order valence-electron chi connectivity index (χ0n) is 17.4. The van der Waals surface area contributed by atoms with Crippen LogP contribution >= 0.6 is 0 Å². The second-order valence-electron chi connectivity index (χ2n) is 7.20. The molecule has 0 aliphatic carbocycles. The van der Waals surface area contributed by atoms with Gasteiger partial charge in [-0.2, -0.15) is 5.10 Å². The van der Waals surface area contributed by atoms with Crippen LogP contribution in [0.25, 0.3) is 0 Å². The van der Waals surface area contributed by atoms with Gasteiger partial charge in [-0.3, -0.25) is 4.79 Å². The van der Waals surface area contributed by atoms with Gasteiger partial charge < -0.3 is 9.47 Å². The molecule has 0 radical (unpaired) electrons. The van der Waals surface area contributed by atoms with Gasteiger partial charge in [-0.15, -0.1) is 0 Å². The third kappa shape index (κ3) is 4.51. The Hall–Kier alpha value is -4.00. The molecule has 1 aliphatic rings.